The van der Waals surface area contributed by atoms with Gasteiger partial charge in [0.1, 0.15) is 11.6 Å². The summed E-state index contributed by atoms with van der Waals surface area (Å²) in [5.74, 6) is -0.665. The molecule has 2 aliphatic rings. The van der Waals surface area contributed by atoms with Crippen molar-refractivity contribution in [2.75, 3.05) is 20.2 Å². The number of methoxy groups -OCH3 is 1. The highest BCUT2D eigenvalue weighted by atomic mass is 35.5. The molecular weight excluding hydrogens is 467 g/mol. The summed E-state index contributed by atoms with van der Waals surface area (Å²) in [5.41, 5.74) is 3.39. The lowest BCUT2D eigenvalue weighted by molar-refractivity contribution is -0.0122. The number of fused-ring (bicyclic) bond motifs is 2. The number of aromatic hydroxyl groups is 1. The molecule has 1 saturated heterocycles. The van der Waals surface area contributed by atoms with Gasteiger partial charge < -0.3 is 15.2 Å². The van der Waals surface area contributed by atoms with E-state index in [1.54, 1.807) is 25.3 Å². The van der Waals surface area contributed by atoms with Gasteiger partial charge in [0.2, 0.25) is 0 Å². The number of phenolic OH excluding ortho intramolecular Hbond substituents is 1. The molecular formula is C28H28ClFN2O3. The number of carbonyl (C=O) groups excluding carboxylic acids is 1. The van der Waals surface area contributed by atoms with Gasteiger partial charge in [0, 0.05) is 24.6 Å². The van der Waals surface area contributed by atoms with Crippen LogP contribution < -0.4 is 5.32 Å². The number of piperidine rings is 1. The maximum absolute atomic E-state index is 13.7. The molecule has 0 bridgehead atoms. The number of nitrogens with zero attached hydrogens (tertiary/aromatic N) is 1. The van der Waals surface area contributed by atoms with Crippen molar-refractivity contribution in [3.05, 3.63) is 99.8 Å². The lowest BCUT2D eigenvalue weighted by Crippen LogP contribution is -2.50. The van der Waals surface area contributed by atoms with E-state index < -0.39 is 5.82 Å². The second-order valence-electron chi connectivity index (χ2n) is 9.42. The number of halogens is 2. The van der Waals surface area contributed by atoms with Gasteiger partial charge in [0.25, 0.3) is 5.91 Å². The number of hydrogen-bond acceptors (Lipinski definition) is 4. The summed E-state index contributed by atoms with van der Waals surface area (Å²) in [6.07, 6.45) is 1.52. The number of carbonyl (C=O) groups is 1. The molecule has 1 spiro atoms. The Kier molecular flexibility index (Phi) is 6.53. The van der Waals surface area contributed by atoms with Gasteiger partial charge in [0.05, 0.1) is 17.2 Å². The number of nitrogens with one attached hydrogen (secondary N) is 1. The molecule has 2 atom stereocenters. The van der Waals surface area contributed by atoms with Gasteiger partial charge in [-0.25, -0.2) is 4.39 Å². The number of rotatable bonds is 5. The van der Waals surface area contributed by atoms with E-state index in [-0.39, 0.29) is 29.2 Å². The van der Waals surface area contributed by atoms with Gasteiger partial charge in [-0.1, -0.05) is 48.0 Å². The second kappa shape index (κ2) is 9.61. The smallest absolute Gasteiger partial charge is 0.251 e. The summed E-state index contributed by atoms with van der Waals surface area (Å²) in [6, 6.07) is 19.0. The molecule has 5 nitrogen and oxygen atoms in total. The minimum absolute atomic E-state index is 0.0878. The number of benzene rings is 3. The molecule has 0 unspecified atom stereocenters. The molecule has 5 rings (SSSR count). The summed E-state index contributed by atoms with van der Waals surface area (Å²) in [4.78, 5) is 15.4. The minimum atomic E-state index is -0.438. The molecule has 1 aliphatic heterocycles. The molecule has 0 radical (unpaired) electrons. The zero-order valence-corrected chi connectivity index (χ0v) is 20.3. The van der Waals surface area contributed by atoms with Gasteiger partial charge in [-0.2, -0.15) is 0 Å². The first kappa shape index (κ1) is 23.8. The largest absolute Gasteiger partial charge is 0.506 e. The summed E-state index contributed by atoms with van der Waals surface area (Å²) < 4.78 is 19.8. The Hall–Kier alpha value is -2.93. The van der Waals surface area contributed by atoms with Crippen LogP contribution in [0.1, 0.15) is 45.9 Å². The summed E-state index contributed by atoms with van der Waals surface area (Å²) in [6.45, 7) is 2.46. The van der Waals surface area contributed by atoms with E-state index in [4.69, 9.17) is 16.3 Å². The second-order valence-corrected chi connectivity index (χ2v) is 9.83. The summed E-state index contributed by atoms with van der Waals surface area (Å²) in [7, 11) is 1.70. The quantitative estimate of drug-likeness (QED) is 0.510. The topological polar surface area (TPSA) is 61.8 Å². The van der Waals surface area contributed by atoms with E-state index in [2.05, 4.69) is 22.3 Å². The lowest BCUT2D eigenvalue weighted by Gasteiger charge is -2.44. The number of hydrogen-bond donors (Lipinski definition) is 2. The van der Waals surface area contributed by atoms with Crippen LogP contribution in [0.4, 0.5) is 4.39 Å². The SMILES string of the molecule is CO[C@H]1[C@H](NC(=O)c2cccc(F)c2)c2ccccc2C12CCN(Cc1ccc(O)c(Cl)c1)CC2. The fraction of sp³-hybridized carbons (Fsp3) is 0.321. The minimum Gasteiger partial charge on any atom is -0.506 e. The van der Waals surface area contributed by atoms with Crippen molar-refractivity contribution < 1.29 is 19.0 Å². The van der Waals surface area contributed by atoms with Gasteiger partial charge in [0.15, 0.2) is 0 Å². The Bertz CT molecular complexity index is 1240. The molecule has 1 amide bonds. The zero-order valence-electron chi connectivity index (χ0n) is 19.5. The fourth-order valence-electron chi connectivity index (χ4n) is 5.80. The molecule has 1 fully saturated rings. The highest BCUT2D eigenvalue weighted by Gasteiger charge is 2.54. The number of amides is 1. The van der Waals surface area contributed by atoms with Crippen LogP contribution >= 0.6 is 11.6 Å². The van der Waals surface area contributed by atoms with Crippen molar-refractivity contribution in [3.63, 3.8) is 0 Å². The average molecular weight is 495 g/mol. The average Bonchev–Trinajstić information content (AvgIpc) is 3.11. The van der Waals surface area contributed by atoms with Crippen LogP contribution in [0.15, 0.2) is 66.7 Å². The molecule has 35 heavy (non-hydrogen) atoms. The van der Waals surface area contributed by atoms with Crippen molar-refractivity contribution in [1.29, 1.82) is 0 Å². The van der Waals surface area contributed by atoms with Crippen molar-refractivity contribution in [1.82, 2.24) is 10.2 Å². The van der Waals surface area contributed by atoms with Crippen molar-refractivity contribution in [2.24, 2.45) is 0 Å². The van der Waals surface area contributed by atoms with E-state index in [0.717, 1.165) is 43.6 Å². The fourth-order valence-corrected chi connectivity index (χ4v) is 6.00. The highest BCUT2D eigenvalue weighted by Crippen LogP contribution is 2.52. The molecule has 3 aromatic rings. The van der Waals surface area contributed by atoms with E-state index >= 15 is 0 Å². The molecule has 7 heteroatoms. The molecule has 1 aliphatic carbocycles. The Morgan fingerprint density at radius 2 is 1.91 bits per heavy atom. The number of phenols is 1. The predicted octanol–water partition coefficient (Wildman–Crippen LogP) is 5.22. The van der Waals surface area contributed by atoms with Crippen molar-refractivity contribution in [2.45, 2.75) is 36.9 Å². The monoisotopic (exact) mass is 494 g/mol. The summed E-state index contributed by atoms with van der Waals surface area (Å²) >= 11 is 6.09. The van der Waals surface area contributed by atoms with Crippen LogP contribution in [-0.4, -0.2) is 42.2 Å². The molecule has 3 aromatic carbocycles. The van der Waals surface area contributed by atoms with Crippen LogP contribution in [0.5, 0.6) is 5.75 Å². The van der Waals surface area contributed by atoms with Crippen LogP contribution in [0.3, 0.4) is 0 Å². The van der Waals surface area contributed by atoms with Gasteiger partial charge >= 0.3 is 0 Å². The third-order valence-corrected chi connectivity index (χ3v) is 7.78. The molecule has 182 valence electrons. The predicted molar refractivity (Wildman–Crippen MR) is 133 cm³/mol. The van der Waals surface area contributed by atoms with Gasteiger partial charge in [-0.15, -0.1) is 0 Å². The zero-order chi connectivity index (χ0) is 24.6. The summed E-state index contributed by atoms with van der Waals surface area (Å²) in [5, 5.41) is 13.2. The Labute approximate surface area is 209 Å². The highest BCUT2D eigenvalue weighted by molar-refractivity contribution is 6.32. The molecule has 2 N–H and O–H groups in total. The standard InChI is InChI=1S/C28H28ClFN2O3/c1-35-26-25(31-27(34)19-5-4-6-20(30)16-19)21-7-2-3-8-22(21)28(26)11-13-32(14-12-28)17-18-9-10-24(33)23(29)15-18/h2-10,15-16,25-26,33H,11-14,17H2,1H3,(H,31,34)/t25-,26+/m1/s1. The van der Waals surface area contributed by atoms with Gasteiger partial charge in [-0.05, 0) is 73.0 Å². The molecule has 0 aromatic heterocycles. The first-order valence-electron chi connectivity index (χ1n) is 11.8. The van der Waals surface area contributed by atoms with Crippen LogP contribution in [-0.2, 0) is 16.7 Å². The Morgan fingerprint density at radius 3 is 2.63 bits per heavy atom. The Morgan fingerprint density at radius 1 is 1.14 bits per heavy atom. The molecule has 0 saturated carbocycles. The third kappa shape index (κ3) is 4.42. The lowest BCUT2D eigenvalue weighted by atomic mass is 9.72. The van der Waals surface area contributed by atoms with Crippen molar-refractivity contribution in [3.8, 4) is 5.75 Å². The van der Waals surface area contributed by atoms with Crippen LogP contribution in [0.25, 0.3) is 0 Å². The Balaban J connectivity index is 1.37. The number of likely N-dealkylation sites (tertiary alicyclic amines) is 1. The maximum atomic E-state index is 13.7. The van der Waals surface area contributed by atoms with E-state index in [0.29, 0.717) is 10.6 Å². The maximum Gasteiger partial charge on any atom is 0.251 e. The third-order valence-electron chi connectivity index (χ3n) is 7.47. The molecule has 1 heterocycles. The number of ether oxygens (including phenoxy) is 1. The van der Waals surface area contributed by atoms with E-state index in [1.165, 1.54) is 17.7 Å². The first-order chi connectivity index (χ1) is 16.9. The normalized spacial score (nSPS) is 21.1. The van der Waals surface area contributed by atoms with Crippen LogP contribution in [0, 0.1) is 5.82 Å². The van der Waals surface area contributed by atoms with E-state index in [9.17, 15) is 14.3 Å². The van der Waals surface area contributed by atoms with Gasteiger partial charge in [-0.3, -0.25) is 9.69 Å². The first-order valence-corrected chi connectivity index (χ1v) is 12.2. The van der Waals surface area contributed by atoms with Crippen LogP contribution in [0.2, 0.25) is 5.02 Å². The van der Waals surface area contributed by atoms with Crippen molar-refractivity contribution >= 4 is 17.5 Å². The van der Waals surface area contributed by atoms with E-state index in [1.807, 2.05) is 24.3 Å².